The van der Waals surface area contributed by atoms with Gasteiger partial charge < -0.3 is 0 Å². The molecule has 0 fully saturated rings. The molecule has 2 aromatic rings. The first-order chi connectivity index (χ1) is 11.7. The number of aryl methyl sites for hydroxylation is 2. The van der Waals surface area contributed by atoms with Gasteiger partial charge in [0.1, 0.15) is 0 Å². The van der Waals surface area contributed by atoms with Gasteiger partial charge in [-0.2, -0.15) is 0 Å². The molecular weight excluding hydrogens is 348 g/mol. The smallest absolute Gasteiger partial charge is 0.0100 e. The summed E-state index contributed by atoms with van der Waals surface area (Å²) in [7, 11) is 0. The third-order valence-electron chi connectivity index (χ3n) is 6.14. The Balaban J connectivity index is 0. The van der Waals surface area contributed by atoms with E-state index >= 15 is 0 Å². The van der Waals surface area contributed by atoms with E-state index < -0.39 is 0 Å². The Bertz CT molecular complexity index is 814. The highest BCUT2D eigenvalue weighted by molar-refractivity contribution is 5.82. The molecule has 0 spiro atoms. The molecule has 1 aliphatic carbocycles. The number of hydrogen-bond acceptors (Lipinski definition) is 0. The van der Waals surface area contributed by atoms with Gasteiger partial charge in [-0.1, -0.05) is 105 Å². The second-order valence-corrected chi connectivity index (χ2v) is 9.05. The summed E-state index contributed by atoms with van der Waals surface area (Å²) in [6.07, 6.45) is 4.78. The van der Waals surface area contributed by atoms with Crippen molar-refractivity contribution in [2.75, 3.05) is 0 Å². The van der Waals surface area contributed by atoms with Crippen molar-refractivity contribution in [1.29, 1.82) is 0 Å². The summed E-state index contributed by atoms with van der Waals surface area (Å²) in [5, 5.41) is 0. The zero-order valence-electron chi connectivity index (χ0n) is 17.0. The Kier molecular flexibility index (Phi) is 10.4. The molecule has 0 atom stereocenters. The molecule has 0 heterocycles. The van der Waals surface area contributed by atoms with Crippen molar-refractivity contribution in [3.63, 3.8) is 0 Å². The number of benzene rings is 2. The van der Waals surface area contributed by atoms with Gasteiger partial charge in [-0.05, 0) is 77.8 Å². The van der Waals surface area contributed by atoms with Gasteiger partial charge in [0.15, 0.2) is 0 Å². The monoisotopic (exact) mass is 396 g/mol. The van der Waals surface area contributed by atoms with Gasteiger partial charge in [-0.15, -0.1) is 0 Å². The van der Waals surface area contributed by atoms with E-state index in [0.717, 1.165) is 0 Å². The molecule has 0 N–H and O–H groups in total. The van der Waals surface area contributed by atoms with Gasteiger partial charge in [-0.3, -0.25) is 0 Å². The first kappa shape index (κ1) is 29.4. The average molecular weight is 397 g/mol. The Hall–Kier alpha value is -1.82. The highest BCUT2D eigenvalue weighted by atomic mass is 14.4. The number of allylic oxidation sites excluding steroid dienone is 1. The number of rotatable bonds is 2. The van der Waals surface area contributed by atoms with Gasteiger partial charge in [0.05, 0.1) is 0 Å². The molecule has 29 heavy (non-hydrogen) atoms. The average Bonchev–Trinajstić information content (AvgIpc) is 2.55. The predicted molar refractivity (Wildman–Crippen MR) is 137 cm³/mol. The summed E-state index contributed by atoms with van der Waals surface area (Å²) < 4.78 is 0. The molecule has 0 saturated carbocycles. The molecule has 2 aromatic carbocycles. The van der Waals surface area contributed by atoms with Crippen molar-refractivity contribution in [2.45, 2.75) is 102 Å². The molecule has 3 rings (SSSR count). The van der Waals surface area contributed by atoms with Crippen LogP contribution in [-0.4, -0.2) is 0 Å². The summed E-state index contributed by atoms with van der Waals surface area (Å²) in [4.78, 5) is 0. The van der Waals surface area contributed by atoms with Gasteiger partial charge >= 0.3 is 0 Å². The topological polar surface area (TPSA) is 0 Å². The second-order valence-electron chi connectivity index (χ2n) is 9.05. The van der Waals surface area contributed by atoms with Crippen LogP contribution in [0.15, 0.2) is 42.5 Å². The molecule has 0 unspecified atom stereocenters. The van der Waals surface area contributed by atoms with Crippen LogP contribution >= 0.6 is 0 Å². The molecule has 0 aliphatic heterocycles. The predicted octanol–water partition coefficient (Wildman–Crippen LogP) is 9.65. The fourth-order valence-electron chi connectivity index (χ4n) is 4.22. The van der Waals surface area contributed by atoms with Crippen LogP contribution in [0.2, 0.25) is 0 Å². The molecule has 0 aromatic heterocycles. The van der Waals surface area contributed by atoms with Crippen LogP contribution in [0.5, 0.6) is 0 Å². The largest absolute Gasteiger partial charge is 0.0792 e. The van der Waals surface area contributed by atoms with E-state index in [4.69, 9.17) is 0 Å². The fraction of sp³-hybridized carbons (Fsp3) is 0.517. The summed E-state index contributed by atoms with van der Waals surface area (Å²) in [6, 6.07) is 13.9. The van der Waals surface area contributed by atoms with Crippen molar-refractivity contribution in [1.82, 2.24) is 0 Å². The van der Waals surface area contributed by atoms with E-state index in [-0.39, 0.29) is 40.5 Å². The zero-order valence-corrected chi connectivity index (χ0v) is 17.0. The normalized spacial score (nSPS) is 16.2. The van der Waals surface area contributed by atoms with E-state index in [1.165, 1.54) is 46.2 Å². The van der Waals surface area contributed by atoms with Crippen LogP contribution in [0, 0.1) is 13.8 Å². The van der Waals surface area contributed by atoms with Crippen molar-refractivity contribution in [3.05, 3.63) is 75.9 Å². The summed E-state index contributed by atoms with van der Waals surface area (Å²) >= 11 is 0. The quantitative estimate of drug-likeness (QED) is 0.474. The van der Waals surface area contributed by atoms with Crippen LogP contribution in [-0.2, 0) is 10.8 Å². The molecule has 0 heteroatoms. The lowest BCUT2D eigenvalue weighted by Crippen LogP contribution is -2.34. The second kappa shape index (κ2) is 10.3. The zero-order chi connectivity index (χ0) is 18.4. The third-order valence-corrected chi connectivity index (χ3v) is 6.14. The Morgan fingerprint density at radius 3 is 1.66 bits per heavy atom. The molecule has 164 valence electrons. The van der Waals surface area contributed by atoms with Gasteiger partial charge in [-0.25, -0.2) is 0 Å². The Morgan fingerprint density at radius 1 is 0.759 bits per heavy atom. The molecule has 0 radical (unpaired) electrons. The van der Waals surface area contributed by atoms with Crippen LogP contribution in [0.3, 0.4) is 0 Å². The first-order valence-corrected chi connectivity index (χ1v) is 9.55. The summed E-state index contributed by atoms with van der Waals surface area (Å²) in [5.41, 5.74) is 10.3. The van der Waals surface area contributed by atoms with Crippen molar-refractivity contribution in [2.24, 2.45) is 0 Å². The summed E-state index contributed by atoms with van der Waals surface area (Å²) in [5.74, 6) is 0. The van der Waals surface area contributed by atoms with Crippen LogP contribution in [0.1, 0.15) is 111 Å². The Labute approximate surface area is 183 Å². The van der Waals surface area contributed by atoms with Crippen molar-refractivity contribution >= 4 is 5.57 Å². The maximum Gasteiger partial charge on any atom is -0.0100 e. The molecule has 0 nitrogen and oxygen atoms in total. The number of fused-ring (bicyclic) bond motifs is 1. The van der Waals surface area contributed by atoms with Crippen LogP contribution < -0.4 is 0 Å². The lowest BCUT2D eigenvalue weighted by Gasteiger charge is -2.42. The maximum atomic E-state index is 2.49. The molecular formula is C29H48. The SMILES string of the molecule is C.C.C.C.C/C=C(\c1ccc(C)cc1)c1cc2c(cc1C)C(C)(C)CCC2(C)C. The Morgan fingerprint density at radius 2 is 1.21 bits per heavy atom. The van der Waals surface area contributed by atoms with Gasteiger partial charge in [0, 0.05) is 0 Å². The lowest BCUT2D eigenvalue weighted by atomic mass is 9.62. The molecule has 1 aliphatic rings. The van der Waals surface area contributed by atoms with Crippen molar-refractivity contribution < 1.29 is 0 Å². The highest BCUT2D eigenvalue weighted by Crippen LogP contribution is 2.47. The molecule has 0 saturated heterocycles. The lowest BCUT2D eigenvalue weighted by molar-refractivity contribution is 0.331. The molecule has 0 bridgehead atoms. The van der Waals surface area contributed by atoms with E-state index in [1.54, 1.807) is 5.56 Å². The van der Waals surface area contributed by atoms with E-state index in [9.17, 15) is 0 Å². The van der Waals surface area contributed by atoms with Gasteiger partial charge in [0.2, 0.25) is 0 Å². The number of hydrogen-bond donors (Lipinski definition) is 0. The van der Waals surface area contributed by atoms with E-state index in [2.05, 4.69) is 90.9 Å². The minimum atomic E-state index is 0. The first-order valence-electron chi connectivity index (χ1n) is 9.55. The molecule has 0 amide bonds. The van der Waals surface area contributed by atoms with E-state index in [0.29, 0.717) is 0 Å². The van der Waals surface area contributed by atoms with Crippen LogP contribution in [0.4, 0.5) is 0 Å². The standard InChI is InChI=1S/C25H32.4CH4/c1-8-20(19-11-9-17(2)10-12-19)21-16-23-22(15-18(21)3)24(4,5)13-14-25(23,6)7;;;;/h8-12,15-16H,13-14H2,1-7H3;4*1H4/b20-8+;;;;. The summed E-state index contributed by atoms with van der Waals surface area (Å²) in [6.45, 7) is 16.2. The third kappa shape index (κ3) is 5.41. The maximum absolute atomic E-state index is 2.49. The van der Waals surface area contributed by atoms with Crippen molar-refractivity contribution in [3.8, 4) is 0 Å². The minimum absolute atomic E-state index is 0. The highest BCUT2D eigenvalue weighted by Gasteiger charge is 2.37. The van der Waals surface area contributed by atoms with Crippen LogP contribution in [0.25, 0.3) is 5.57 Å². The van der Waals surface area contributed by atoms with E-state index in [1.807, 2.05) is 0 Å². The minimum Gasteiger partial charge on any atom is -0.0792 e. The van der Waals surface area contributed by atoms with Gasteiger partial charge in [0.25, 0.3) is 0 Å². The fourth-order valence-corrected chi connectivity index (χ4v) is 4.22.